The highest BCUT2D eigenvalue weighted by atomic mass is 16.5. The van der Waals surface area contributed by atoms with Crippen molar-refractivity contribution < 1.29 is 9.47 Å². The van der Waals surface area contributed by atoms with Gasteiger partial charge in [0.1, 0.15) is 12.3 Å². The Balaban J connectivity index is 2.12. The van der Waals surface area contributed by atoms with Crippen LogP contribution in [0.2, 0.25) is 0 Å². The van der Waals surface area contributed by atoms with Crippen molar-refractivity contribution in [2.24, 2.45) is 0 Å². The first-order valence-electron chi connectivity index (χ1n) is 5.55. The molecular weight excluding hydrogens is 204 g/mol. The Hall–Kier alpha value is -1.42. The molecule has 0 aliphatic heterocycles. The van der Waals surface area contributed by atoms with Crippen LogP contribution in [0.5, 0.6) is 0 Å². The summed E-state index contributed by atoms with van der Waals surface area (Å²) in [6.07, 6.45) is 3.84. The predicted octanol–water partition coefficient (Wildman–Crippen LogP) is 2.24. The van der Waals surface area contributed by atoms with E-state index in [1.54, 1.807) is 12.3 Å². The molecule has 1 aromatic heterocycles. The van der Waals surface area contributed by atoms with E-state index in [0.29, 0.717) is 18.9 Å². The Labute approximate surface area is 96.1 Å². The second-order valence-corrected chi connectivity index (χ2v) is 3.36. The molecule has 1 aromatic rings. The molecule has 16 heavy (non-hydrogen) atoms. The Kier molecular flexibility index (Phi) is 6.18. The lowest BCUT2D eigenvalue weighted by Crippen LogP contribution is -2.12. The third kappa shape index (κ3) is 4.89. The van der Waals surface area contributed by atoms with Gasteiger partial charge in [-0.1, -0.05) is 19.4 Å². The quantitative estimate of drug-likeness (QED) is 0.437. The first-order valence-corrected chi connectivity index (χ1v) is 5.55. The van der Waals surface area contributed by atoms with E-state index in [9.17, 15) is 0 Å². The highest BCUT2D eigenvalue weighted by Gasteiger charge is 2.02. The highest BCUT2D eigenvalue weighted by Crippen LogP contribution is 1.96. The van der Waals surface area contributed by atoms with Crippen LogP contribution in [-0.2, 0) is 9.47 Å². The Morgan fingerprint density at radius 2 is 2.19 bits per heavy atom. The summed E-state index contributed by atoms with van der Waals surface area (Å²) in [5.41, 5.74) is 0.552. The maximum Gasteiger partial charge on any atom is 0.232 e. The fourth-order valence-corrected chi connectivity index (χ4v) is 1.12. The summed E-state index contributed by atoms with van der Waals surface area (Å²) < 4.78 is 10.5. The average Bonchev–Trinajstić information content (AvgIpc) is 2.34. The molecule has 0 aromatic carbocycles. The zero-order valence-corrected chi connectivity index (χ0v) is 9.61. The third-order valence-electron chi connectivity index (χ3n) is 2.01. The maximum absolute atomic E-state index is 7.61. The molecule has 0 saturated heterocycles. The van der Waals surface area contributed by atoms with E-state index in [1.165, 1.54) is 0 Å². The Morgan fingerprint density at radius 1 is 1.31 bits per heavy atom. The first kappa shape index (κ1) is 12.6. The summed E-state index contributed by atoms with van der Waals surface area (Å²) in [6, 6.07) is 5.39. The number of nitrogens with one attached hydrogen (secondary N) is 1. The van der Waals surface area contributed by atoms with Crippen molar-refractivity contribution in [3.05, 3.63) is 30.1 Å². The van der Waals surface area contributed by atoms with E-state index in [1.807, 2.05) is 12.1 Å². The number of aromatic nitrogens is 1. The monoisotopic (exact) mass is 222 g/mol. The molecule has 0 radical (unpaired) electrons. The standard InChI is InChI=1S/C12H18N2O2/c1-2-3-8-15-9-10-16-12(13)11-6-4-5-7-14-11/h4-7,13H,2-3,8-10H2,1H3. The van der Waals surface area contributed by atoms with Gasteiger partial charge in [-0.05, 0) is 18.6 Å². The summed E-state index contributed by atoms with van der Waals surface area (Å²) in [7, 11) is 0. The molecule has 1 rings (SSSR count). The van der Waals surface area contributed by atoms with Gasteiger partial charge < -0.3 is 9.47 Å². The molecule has 1 heterocycles. The molecule has 88 valence electrons. The number of nitrogens with zero attached hydrogens (tertiary/aromatic N) is 1. The van der Waals surface area contributed by atoms with Crippen LogP contribution in [0.25, 0.3) is 0 Å². The smallest absolute Gasteiger partial charge is 0.232 e. The largest absolute Gasteiger partial charge is 0.474 e. The SMILES string of the molecule is CCCCOCCOC(=N)c1ccccn1. The van der Waals surface area contributed by atoms with Crippen molar-refractivity contribution in [3.63, 3.8) is 0 Å². The molecule has 0 bridgehead atoms. The maximum atomic E-state index is 7.61. The van der Waals surface area contributed by atoms with Crippen LogP contribution in [0.15, 0.2) is 24.4 Å². The fraction of sp³-hybridized carbons (Fsp3) is 0.500. The van der Waals surface area contributed by atoms with Gasteiger partial charge in [-0.15, -0.1) is 0 Å². The number of rotatable bonds is 7. The number of hydrogen-bond donors (Lipinski definition) is 1. The van der Waals surface area contributed by atoms with Crippen molar-refractivity contribution >= 4 is 5.90 Å². The van der Waals surface area contributed by atoms with E-state index in [2.05, 4.69) is 11.9 Å². The molecule has 0 saturated carbocycles. The van der Waals surface area contributed by atoms with E-state index in [4.69, 9.17) is 14.9 Å². The molecule has 0 aliphatic carbocycles. The molecule has 0 atom stereocenters. The zero-order valence-electron chi connectivity index (χ0n) is 9.61. The van der Waals surface area contributed by atoms with E-state index in [0.717, 1.165) is 19.4 Å². The second-order valence-electron chi connectivity index (χ2n) is 3.36. The minimum atomic E-state index is 0.0969. The summed E-state index contributed by atoms with van der Waals surface area (Å²) in [6.45, 7) is 3.81. The molecule has 0 spiro atoms. The van der Waals surface area contributed by atoms with Crippen LogP contribution in [-0.4, -0.2) is 30.7 Å². The van der Waals surface area contributed by atoms with Crippen LogP contribution in [0, 0.1) is 5.41 Å². The predicted molar refractivity (Wildman–Crippen MR) is 62.7 cm³/mol. The summed E-state index contributed by atoms with van der Waals surface area (Å²) >= 11 is 0. The van der Waals surface area contributed by atoms with Crippen molar-refractivity contribution in [1.82, 2.24) is 4.98 Å². The highest BCUT2D eigenvalue weighted by molar-refractivity contribution is 5.89. The number of pyridine rings is 1. The van der Waals surface area contributed by atoms with Crippen LogP contribution in [0.4, 0.5) is 0 Å². The molecule has 0 fully saturated rings. The third-order valence-corrected chi connectivity index (χ3v) is 2.01. The van der Waals surface area contributed by atoms with E-state index >= 15 is 0 Å². The molecule has 4 nitrogen and oxygen atoms in total. The van der Waals surface area contributed by atoms with Crippen LogP contribution >= 0.6 is 0 Å². The van der Waals surface area contributed by atoms with Crippen LogP contribution in [0.1, 0.15) is 25.5 Å². The topological polar surface area (TPSA) is 55.2 Å². The van der Waals surface area contributed by atoms with Crippen molar-refractivity contribution in [2.75, 3.05) is 19.8 Å². The van der Waals surface area contributed by atoms with Crippen LogP contribution < -0.4 is 0 Å². The molecular formula is C12H18N2O2. The van der Waals surface area contributed by atoms with Crippen molar-refractivity contribution in [2.45, 2.75) is 19.8 Å². The molecule has 0 unspecified atom stereocenters. The lowest BCUT2D eigenvalue weighted by Gasteiger charge is -2.07. The lowest BCUT2D eigenvalue weighted by atomic mass is 10.3. The Morgan fingerprint density at radius 3 is 2.88 bits per heavy atom. The molecule has 1 N–H and O–H groups in total. The van der Waals surface area contributed by atoms with Gasteiger partial charge in [-0.25, -0.2) is 0 Å². The Bertz CT molecular complexity index is 301. The van der Waals surface area contributed by atoms with Crippen molar-refractivity contribution in [3.8, 4) is 0 Å². The number of unbranched alkanes of at least 4 members (excludes halogenated alkanes) is 1. The lowest BCUT2D eigenvalue weighted by molar-refractivity contribution is 0.0942. The number of ether oxygens (including phenoxy) is 2. The van der Waals surface area contributed by atoms with Gasteiger partial charge in [-0.2, -0.15) is 0 Å². The average molecular weight is 222 g/mol. The van der Waals surface area contributed by atoms with Gasteiger partial charge >= 0.3 is 0 Å². The van der Waals surface area contributed by atoms with Gasteiger partial charge in [0.2, 0.25) is 5.90 Å². The summed E-state index contributed by atoms with van der Waals surface area (Å²) in [5.74, 6) is 0.0969. The fourth-order valence-electron chi connectivity index (χ4n) is 1.12. The van der Waals surface area contributed by atoms with Gasteiger partial charge in [-0.3, -0.25) is 10.4 Å². The minimum Gasteiger partial charge on any atom is -0.474 e. The zero-order chi connectivity index (χ0) is 11.6. The normalized spacial score (nSPS) is 10.1. The number of hydrogen-bond acceptors (Lipinski definition) is 4. The molecule has 0 aliphatic rings. The van der Waals surface area contributed by atoms with E-state index in [-0.39, 0.29) is 5.90 Å². The van der Waals surface area contributed by atoms with E-state index < -0.39 is 0 Å². The summed E-state index contributed by atoms with van der Waals surface area (Å²) in [4.78, 5) is 4.02. The molecule has 0 amide bonds. The summed E-state index contributed by atoms with van der Waals surface area (Å²) in [5, 5.41) is 7.61. The second kappa shape index (κ2) is 7.82. The first-order chi connectivity index (χ1) is 7.84. The van der Waals surface area contributed by atoms with Gasteiger partial charge in [0.15, 0.2) is 0 Å². The molecule has 4 heteroatoms. The minimum absolute atomic E-state index is 0.0969. The van der Waals surface area contributed by atoms with Gasteiger partial charge in [0.05, 0.1) is 6.61 Å². The van der Waals surface area contributed by atoms with Gasteiger partial charge in [0.25, 0.3) is 0 Å². The van der Waals surface area contributed by atoms with Gasteiger partial charge in [0, 0.05) is 12.8 Å². The van der Waals surface area contributed by atoms with Crippen molar-refractivity contribution in [1.29, 1.82) is 5.41 Å². The van der Waals surface area contributed by atoms with Crippen LogP contribution in [0.3, 0.4) is 0 Å².